The van der Waals surface area contributed by atoms with E-state index in [0.29, 0.717) is 6.42 Å². The Labute approximate surface area is 83.5 Å². The molecule has 82 valence electrons. The van der Waals surface area contributed by atoms with Crippen molar-refractivity contribution < 1.29 is 19.1 Å². The van der Waals surface area contributed by atoms with Crippen LogP contribution in [0.15, 0.2) is 0 Å². The van der Waals surface area contributed by atoms with Crippen molar-refractivity contribution in [2.24, 2.45) is 5.73 Å². The van der Waals surface area contributed by atoms with Gasteiger partial charge in [0.05, 0.1) is 0 Å². The van der Waals surface area contributed by atoms with Gasteiger partial charge in [-0.05, 0) is 27.2 Å². The number of rotatable bonds is 2. The average Bonchev–Trinajstić information content (AvgIpc) is 1.99. The SMILES string of the molecule is CCC(N)C(=O)OC(=O)OC(C)(C)C. The van der Waals surface area contributed by atoms with E-state index < -0.39 is 23.8 Å². The molecule has 0 rings (SSSR count). The van der Waals surface area contributed by atoms with Crippen molar-refractivity contribution in [3.05, 3.63) is 0 Å². The highest BCUT2D eigenvalue weighted by molar-refractivity contribution is 5.85. The van der Waals surface area contributed by atoms with Gasteiger partial charge in [-0.2, -0.15) is 0 Å². The molecule has 0 aliphatic carbocycles. The molecular weight excluding hydrogens is 186 g/mol. The number of esters is 1. The maximum atomic E-state index is 11.0. The van der Waals surface area contributed by atoms with Crippen molar-refractivity contribution in [2.75, 3.05) is 0 Å². The van der Waals surface area contributed by atoms with Crippen LogP contribution in [0.5, 0.6) is 0 Å². The minimum Gasteiger partial charge on any atom is -0.428 e. The molecule has 5 nitrogen and oxygen atoms in total. The number of ether oxygens (including phenoxy) is 2. The normalized spacial score (nSPS) is 13.2. The van der Waals surface area contributed by atoms with Crippen LogP contribution in [-0.2, 0) is 14.3 Å². The number of nitrogens with two attached hydrogens (primary N) is 1. The Kier molecular flexibility index (Phi) is 4.56. The highest BCUT2D eigenvalue weighted by atomic mass is 16.7. The molecule has 1 unspecified atom stereocenters. The lowest BCUT2D eigenvalue weighted by atomic mass is 10.2. The molecule has 0 aliphatic rings. The van der Waals surface area contributed by atoms with Crippen molar-refractivity contribution in [3.8, 4) is 0 Å². The first-order valence-electron chi connectivity index (χ1n) is 4.46. The third kappa shape index (κ3) is 5.53. The van der Waals surface area contributed by atoms with Crippen LogP contribution in [0.4, 0.5) is 4.79 Å². The number of carbonyl (C=O) groups excluding carboxylic acids is 2. The largest absolute Gasteiger partial charge is 0.516 e. The molecule has 5 heteroatoms. The van der Waals surface area contributed by atoms with E-state index in [9.17, 15) is 9.59 Å². The van der Waals surface area contributed by atoms with E-state index in [1.54, 1.807) is 27.7 Å². The third-order valence-electron chi connectivity index (χ3n) is 1.32. The fourth-order valence-corrected chi connectivity index (χ4v) is 0.595. The number of carbonyl (C=O) groups is 2. The topological polar surface area (TPSA) is 78.6 Å². The van der Waals surface area contributed by atoms with E-state index in [2.05, 4.69) is 4.74 Å². The van der Waals surface area contributed by atoms with Gasteiger partial charge in [0.2, 0.25) is 0 Å². The second-order valence-electron chi connectivity index (χ2n) is 3.90. The lowest BCUT2D eigenvalue weighted by Gasteiger charge is -2.18. The molecule has 0 fully saturated rings. The summed E-state index contributed by atoms with van der Waals surface area (Å²) in [4.78, 5) is 22.0. The van der Waals surface area contributed by atoms with Crippen molar-refractivity contribution in [3.63, 3.8) is 0 Å². The van der Waals surface area contributed by atoms with Crippen LogP contribution in [0.1, 0.15) is 34.1 Å². The molecule has 0 spiro atoms. The van der Waals surface area contributed by atoms with Crippen LogP contribution in [0.2, 0.25) is 0 Å². The summed E-state index contributed by atoms with van der Waals surface area (Å²) in [5, 5.41) is 0. The van der Waals surface area contributed by atoms with E-state index in [1.807, 2.05) is 0 Å². The molecule has 1 atom stereocenters. The molecule has 0 aromatic rings. The average molecular weight is 203 g/mol. The molecule has 0 saturated carbocycles. The van der Waals surface area contributed by atoms with E-state index >= 15 is 0 Å². The van der Waals surface area contributed by atoms with Crippen LogP contribution >= 0.6 is 0 Å². The Morgan fingerprint density at radius 3 is 2.21 bits per heavy atom. The Bertz CT molecular complexity index is 219. The molecule has 0 heterocycles. The van der Waals surface area contributed by atoms with Crippen LogP contribution in [0.25, 0.3) is 0 Å². The molecule has 0 aromatic carbocycles. The fraction of sp³-hybridized carbons (Fsp3) is 0.778. The lowest BCUT2D eigenvalue weighted by Crippen LogP contribution is -2.35. The van der Waals surface area contributed by atoms with Gasteiger partial charge in [0.1, 0.15) is 11.6 Å². The Morgan fingerprint density at radius 2 is 1.86 bits per heavy atom. The molecule has 2 N–H and O–H groups in total. The van der Waals surface area contributed by atoms with E-state index in [-0.39, 0.29) is 0 Å². The second kappa shape index (κ2) is 4.95. The van der Waals surface area contributed by atoms with Crippen LogP contribution < -0.4 is 5.73 Å². The summed E-state index contributed by atoms with van der Waals surface area (Å²) in [5.41, 5.74) is 4.67. The minimum atomic E-state index is -1.01. The van der Waals surface area contributed by atoms with Crippen LogP contribution in [0, 0.1) is 0 Å². The maximum Gasteiger partial charge on any atom is 0.516 e. The molecule has 0 radical (unpaired) electrons. The van der Waals surface area contributed by atoms with Gasteiger partial charge < -0.3 is 15.2 Å². The first kappa shape index (κ1) is 12.9. The van der Waals surface area contributed by atoms with Crippen molar-refractivity contribution in [1.82, 2.24) is 0 Å². The third-order valence-corrected chi connectivity index (χ3v) is 1.32. The van der Waals surface area contributed by atoms with Gasteiger partial charge in [-0.1, -0.05) is 6.92 Å². The van der Waals surface area contributed by atoms with Gasteiger partial charge in [-0.15, -0.1) is 0 Å². The van der Waals surface area contributed by atoms with Gasteiger partial charge in [-0.25, -0.2) is 9.59 Å². The molecule has 14 heavy (non-hydrogen) atoms. The quantitative estimate of drug-likeness (QED) is 0.539. The number of hydrogen-bond acceptors (Lipinski definition) is 5. The zero-order chi connectivity index (χ0) is 11.4. The summed E-state index contributed by atoms with van der Waals surface area (Å²) in [6.07, 6.45) is -0.590. The van der Waals surface area contributed by atoms with E-state index in [4.69, 9.17) is 10.5 Å². The van der Waals surface area contributed by atoms with Crippen molar-refractivity contribution in [1.29, 1.82) is 0 Å². The Morgan fingerprint density at radius 1 is 1.36 bits per heavy atom. The molecule has 0 aliphatic heterocycles. The van der Waals surface area contributed by atoms with E-state index in [1.165, 1.54) is 0 Å². The van der Waals surface area contributed by atoms with Gasteiger partial charge in [-0.3, -0.25) is 0 Å². The molecular formula is C9H17NO4. The van der Waals surface area contributed by atoms with Gasteiger partial charge in [0.25, 0.3) is 0 Å². The van der Waals surface area contributed by atoms with Gasteiger partial charge in [0.15, 0.2) is 0 Å². The predicted octanol–water partition coefficient (Wildman–Crippen LogP) is 1.20. The summed E-state index contributed by atoms with van der Waals surface area (Å²) in [5.74, 6) is -0.762. The zero-order valence-electron chi connectivity index (χ0n) is 8.99. The van der Waals surface area contributed by atoms with Crippen molar-refractivity contribution >= 4 is 12.1 Å². The maximum absolute atomic E-state index is 11.0. The molecule has 0 saturated heterocycles. The highest BCUT2D eigenvalue weighted by Gasteiger charge is 2.22. The van der Waals surface area contributed by atoms with Crippen molar-refractivity contribution in [2.45, 2.75) is 45.8 Å². The van der Waals surface area contributed by atoms with Crippen LogP contribution in [0.3, 0.4) is 0 Å². The summed E-state index contributed by atoms with van der Waals surface area (Å²) in [7, 11) is 0. The molecule has 0 amide bonds. The first-order chi connectivity index (χ1) is 6.26. The monoisotopic (exact) mass is 203 g/mol. The molecule has 0 bridgehead atoms. The highest BCUT2D eigenvalue weighted by Crippen LogP contribution is 2.08. The first-order valence-corrected chi connectivity index (χ1v) is 4.46. The van der Waals surface area contributed by atoms with Gasteiger partial charge >= 0.3 is 12.1 Å². The smallest absolute Gasteiger partial charge is 0.428 e. The number of hydrogen-bond donors (Lipinski definition) is 1. The summed E-state index contributed by atoms with van der Waals surface area (Å²) in [6.45, 7) is 6.76. The molecule has 0 aromatic heterocycles. The lowest BCUT2D eigenvalue weighted by molar-refractivity contribution is -0.143. The summed E-state index contributed by atoms with van der Waals surface area (Å²) in [6, 6.07) is -0.775. The summed E-state index contributed by atoms with van der Waals surface area (Å²) < 4.78 is 9.12. The zero-order valence-corrected chi connectivity index (χ0v) is 8.99. The standard InChI is InChI=1S/C9H17NO4/c1-5-6(10)7(11)13-8(12)14-9(2,3)4/h6H,5,10H2,1-4H3. The second-order valence-corrected chi connectivity index (χ2v) is 3.90. The Balaban J connectivity index is 4.02. The Hall–Kier alpha value is -1.10. The van der Waals surface area contributed by atoms with Crippen LogP contribution in [-0.4, -0.2) is 23.8 Å². The summed E-state index contributed by atoms with van der Waals surface area (Å²) >= 11 is 0. The fourth-order valence-electron chi connectivity index (χ4n) is 0.595. The predicted molar refractivity (Wildman–Crippen MR) is 50.6 cm³/mol. The van der Waals surface area contributed by atoms with E-state index in [0.717, 1.165) is 0 Å². The van der Waals surface area contributed by atoms with Gasteiger partial charge in [0, 0.05) is 0 Å². The minimum absolute atomic E-state index is 0.418.